The van der Waals surface area contributed by atoms with E-state index in [0.29, 0.717) is 0 Å². The fourth-order valence-corrected chi connectivity index (χ4v) is 3.16. The van der Waals surface area contributed by atoms with Crippen LogP contribution in [0, 0.1) is 13.8 Å². The molecule has 102 valence electrons. The molecule has 0 aliphatic heterocycles. The second-order valence-electron chi connectivity index (χ2n) is 4.89. The maximum atomic E-state index is 9.48. The van der Waals surface area contributed by atoms with Gasteiger partial charge >= 0.3 is 0 Å². The van der Waals surface area contributed by atoms with Crippen molar-refractivity contribution in [3.05, 3.63) is 57.3 Å². The van der Waals surface area contributed by atoms with Crippen molar-refractivity contribution in [1.82, 2.24) is 5.32 Å². The highest BCUT2D eigenvalue weighted by atomic mass is 32.1. The Morgan fingerprint density at radius 3 is 2.53 bits per heavy atom. The monoisotopic (exact) mass is 275 g/mol. The van der Waals surface area contributed by atoms with E-state index in [1.807, 2.05) is 29.5 Å². The van der Waals surface area contributed by atoms with Crippen LogP contribution in [0.4, 0.5) is 0 Å². The van der Waals surface area contributed by atoms with Gasteiger partial charge in [-0.1, -0.05) is 30.3 Å². The van der Waals surface area contributed by atoms with Crippen molar-refractivity contribution in [2.24, 2.45) is 0 Å². The molecule has 2 aromatic rings. The van der Waals surface area contributed by atoms with E-state index in [1.165, 1.54) is 20.9 Å². The van der Waals surface area contributed by atoms with Crippen LogP contribution in [-0.2, 0) is 13.0 Å². The molecule has 0 saturated heterocycles. The fourth-order valence-electron chi connectivity index (χ4n) is 2.21. The van der Waals surface area contributed by atoms with Crippen molar-refractivity contribution in [1.29, 1.82) is 0 Å². The number of thiophene rings is 1. The van der Waals surface area contributed by atoms with E-state index in [9.17, 15) is 5.11 Å². The van der Waals surface area contributed by atoms with Crippen LogP contribution in [-0.4, -0.2) is 17.8 Å². The van der Waals surface area contributed by atoms with Crippen LogP contribution in [0.3, 0.4) is 0 Å². The van der Waals surface area contributed by atoms with Gasteiger partial charge in [0.1, 0.15) is 0 Å². The van der Waals surface area contributed by atoms with Gasteiger partial charge in [0.05, 0.1) is 6.61 Å². The average Bonchev–Trinajstić information content (AvgIpc) is 2.74. The number of rotatable bonds is 6. The molecule has 0 bridgehead atoms. The highest BCUT2D eigenvalue weighted by Gasteiger charge is 2.09. The summed E-state index contributed by atoms with van der Waals surface area (Å²) in [5, 5.41) is 12.9. The van der Waals surface area contributed by atoms with Crippen molar-refractivity contribution in [3.8, 4) is 0 Å². The highest BCUT2D eigenvalue weighted by molar-refractivity contribution is 7.12. The van der Waals surface area contributed by atoms with Gasteiger partial charge in [-0.05, 0) is 37.5 Å². The highest BCUT2D eigenvalue weighted by Crippen LogP contribution is 2.20. The van der Waals surface area contributed by atoms with Crippen molar-refractivity contribution < 1.29 is 5.11 Å². The minimum absolute atomic E-state index is 0.113. The summed E-state index contributed by atoms with van der Waals surface area (Å²) in [5.41, 5.74) is 2.60. The number of aliphatic hydroxyl groups is 1. The minimum atomic E-state index is 0.113. The van der Waals surface area contributed by atoms with Gasteiger partial charge < -0.3 is 10.4 Å². The zero-order chi connectivity index (χ0) is 13.7. The van der Waals surface area contributed by atoms with Gasteiger partial charge in [-0.2, -0.15) is 0 Å². The Kier molecular flexibility index (Phi) is 5.14. The van der Waals surface area contributed by atoms with Crippen LogP contribution in [0.5, 0.6) is 0 Å². The van der Waals surface area contributed by atoms with Crippen LogP contribution >= 0.6 is 11.3 Å². The van der Waals surface area contributed by atoms with Gasteiger partial charge in [-0.3, -0.25) is 0 Å². The molecule has 19 heavy (non-hydrogen) atoms. The smallest absolute Gasteiger partial charge is 0.0587 e. The maximum absolute atomic E-state index is 9.48. The van der Waals surface area contributed by atoms with Crippen molar-refractivity contribution in [3.63, 3.8) is 0 Å². The molecule has 1 aromatic carbocycles. The third-order valence-electron chi connectivity index (χ3n) is 3.27. The Bertz CT molecular complexity index is 507. The van der Waals surface area contributed by atoms with Crippen molar-refractivity contribution >= 4 is 11.3 Å². The molecular formula is C16H21NOS. The number of aryl methyl sites for hydroxylation is 2. The van der Waals surface area contributed by atoms with Gasteiger partial charge in [0.15, 0.2) is 0 Å². The molecule has 0 radical (unpaired) electrons. The largest absolute Gasteiger partial charge is 0.395 e. The molecule has 3 heteroatoms. The molecule has 2 N–H and O–H groups in total. The molecule has 0 aliphatic rings. The van der Waals surface area contributed by atoms with E-state index in [2.05, 4.69) is 37.4 Å². The lowest BCUT2D eigenvalue weighted by molar-refractivity contribution is 0.241. The normalized spacial score (nSPS) is 12.6. The summed E-state index contributed by atoms with van der Waals surface area (Å²) in [4.78, 5) is 2.71. The van der Waals surface area contributed by atoms with E-state index < -0.39 is 0 Å². The predicted molar refractivity (Wildman–Crippen MR) is 81.7 cm³/mol. The van der Waals surface area contributed by atoms with Gasteiger partial charge in [0.25, 0.3) is 0 Å². The van der Waals surface area contributed by atoms with Crippen molar-refractivity contribution in [2.75, 3.05) is 6.61 Å². The number of aliphatic hydroxyl groups excluding tert-OH is 1. The summed E-state index contributed by atoms with van der Waals surface area (Å²) < 4.78 is 0. The number of benzene rings is 1. The van der Waals surface area contributed by atoms with E-state index in [4.69, 9.17) is 0 Å². The number of nitrogens with one attached hydrogen (secondary N) is 1. The molecule has 2 rings (SSSR count). The maximum Gasteiger partial charge on any atom is 0.0587 e. The van der Waals surface area contributed by atoms with Gasteiger partial charge in [0, 0.05) is 22.3 Å². The fraction of sp³-hybridized carbons (Fsp3) is 0.375. The molecule has 2 nitrogen and oxygen atoms in total. The average molecular weight is 275 g/mol. The van der Waals surface area contributed by atoms with Gasteiger partial charge in [-0.15, -0.1) is 11.3 Å². The lowest BCUT2D eigenvalue weighted by Gasteiger charge is -2.16. The van der Waals surface area contributed by atoms with Crippen LogP contribution in [0.1, 0.15) is 20.9 Å². The first-order valence-electron chi connectivity index (χ1n) is 6.63. The molecule has 1 heterocycles. The SMILES string of the molecule is Cc1cc(CN[C@H](CO)Cc2ccccc2)c(C)s1. The molecule has 0 aliphatic carbocycles. The second kappa shape index (κ2) is 6.85. The van der Waals surface area contributed by atoms with E-state index in [0.717, 1.165) is 13.0 Å². The minimum Gasteiger partial charge on any atom is -0.395 e. The topological polar surface area (TPSA) is 32.3 Å². The first kappa shape index (κ1) is 14.3. The Balaban J connectivity index is 1.91. The van der Waals surface area contributed by atoms with Crippen LogP contribution in [0.15, 0.2) is 36.4 Å². The summed E-state index contributed by atoms with van der Waals surface area (Å²) in [7, 11) is 0. The number of hydrogen-bond donors (Lipinski definition) is 2. The lowest BCUT2D eigenvalue weighted by Crippen LogP contribution is -2.34. The zero-order valence-electron chi connectivity index (χ0n) is 11.5. The lowest BCUT2D eigenvalue weighted by atomic mass is 10.1. The molecule has 1 atom stereocenters. The predicted octanol–water partition coefficient (Wildman–Crippen LogP) is 3.06. The summed E-state index contributed by atoms with van der Waals surface area (Å²) in [5.74, 6) is 0. The zero-order valence-corrected chi connectivity index (χ0v) is 12.3. The van der Waals surface area contributed by atoms with Crippen LogP contribution < -0.4 is 5.32 Å². The summed E-state index contributed by atoms with van der Waals surface area (Å²) in [6.07, 6.45) is 0.861. The van der Waals surface area contributed by atoms with Gasteiger partial charge in [-0.25, -0.2) is 0 Å². The molecule has 0 unspecified atom stereocenters. The Hall–Kier alpha value is -1.16. The first-order valence-corrected chi connectivity index (χ1v) is 7.44. The van der Waals surface area contributed by atoms with Gasteiger partial charge in [0.2, 0.25) is 0 Å². The molecule has 0 fully saturated rings. The Labute approximate surface area is 119 Å². The van der Waals surface area contributed by atoms with Crippen molar-refractivity contribution in [2.45, 2.75) is 32.9 Å². The summed E-state index contributed by atoms with van der Waals surface area (Å²) >= 11 is 1.83. The molecule has 0 saturated carbocycles. The molecular weight excluding hydrogens is 254 g/mol. The van der Waals surface area contributed by atoms with E-state index in [-0.39, 0.29) is 12.6 Å². The molecule has 1 aromatic heterocycles. The summed E-state index contributed by atoms with van der Waals surface area (Å²) in [6, 6.07) is 12.6. The standard InChI is InChI=1S/C16H21NOS/c1-12-8-15(13(2)19-12)10-17-16(11-18)9-14-6-4-3-5-7-14/h3-8,16-18H,9-11H2,1-2H3/t16-/m0/s1. The third kappa shape index (κ3) is 4.16. The Morgan fingerprint density at radius 2 is 1.95 bits per heavy atom. The second-order valence-corrected chi connectivity index (χ2v) is 6.35. The Morgan fingerprint density at radius 1 is 1.21 bits per heavy atom. The summed E-state index contributed by atoms with van der Waals surface area (Å²) in [6.45, 7) is 5.28. The molecule has 0 amide bonds. The van der Waals surface area contributed by atoms with Crippen LogP contribution in [0.25, 0.3) is 0 Å². The number of hydrogen-bond acceptors (Lipinski definition) is 3. The van der Waals surface area contributed by atoms with Crippen LogP contribution in [0.2, 0.25) is 0 Å². The first-order chi connectivity index (χ1) is 9.19. The molecule has 0 spiro atoms. The van der Waals surface area contributed by atoms with E-state index in [1.54, 1.807) is 0 Å². The van der Waals surface area contributed by atoms with E-state index >= 15 is 0 Å². The quantitative estimate of drug-likeness (QED) is 0.849. The third-order valence-corrected chi connectivity index (χ3v) is 4.28.